The Morgan fingerprint density at radius 2 is 1.88 bits per heavy atom. The number of hydrogen-bond acceptors (Lipinski definition) is 6. The highest BCUT2D eigenvalue weighted by atomic mass is 16.5. The van der Waals surface area contributed by atoms with E-state index in [1.807, 2.05) is 6.92 Å². The molecule has 1 fully saturated rings. The lowest BCUT2D eigenvalue weighted by Gasteiger charge is -2.25. The molecule has 1 aliphatic rings. The first-order chi connectivity index (χ1) is 15.6. The molecule has 0 spiro atoms. The van der Waals surface area contributed by atoms with Gasteiger partial charge in [0.2, 0.25) is 0 Å². The van der Waals surface area contributed by atoms with Crippen LogP contribution in [0.1, 0.15) is 36.1 Å². The van der Waals surface area contributed by atoms with Crippen molar-refractivity contribution in [3.63, 3.8) is 0 Å². The van der Waals surface area contributed by atoms with E-state index in [0.29, 0.717) is 23.5 Å². The summed E-state index contributed by atoms with van der Waals surface area (Å²) < 4.78 is 5.66. The fourth-order valence-electron chi connectivity index (χ4n) is 3.72. The summed E-state index contributed by atoms with van der Waals surface area (Å²) in [6.45, 7) is 2.74. The Kier molecular flexibility index (Phi) is 6.26. The Bertz CT molecular complexity index is 1150. The summed E-state index contributed by atoms with van der Waals surface area (Å²) in [6, 6.07) is 13.2. The van der Waals surface area contributed by atoms with Crippen LogP contribution in [0.5, 0.6) is 5.75 Å². The third-order valence-electron chi connectivity index (χ3n) is 5.22. The summed E-state index contributed by atoms with van der Waals surface area (Å²) in [7, 11) is 0. The standard InChI is InChI=1S/C25H23N3O4/c1-2-13-32-20-7-3-5-18(14-20)23(29)21-22(19-6-4-10-27-15-19)28(25(31)24(21)30)16-17-8-11-26-12-9-17/h3-12,14-15,22,29H,2,13,16H2,1H3/b23-21+. The molecular formula is C25H23N3O4. The molecule has 3 aromatic rings. The fraction of sp³-hybridized carbons (Fsp3) is 0.200. The minimum absolute atomic E-state index is 0.0321. The molecule has 0 aliphatic carbocycles. The highest BCUT2D eigenvalue weighted by Crippen LogP contribution is 2.40. The summed E-state index contributed by atoms with van der Waals surface area (Å²) in [5, 5.41) is 11.2. The van der Waals surface area contributed by atoms with E-state index in [9.17, 15) is 14.7 Å². The number of hydrogen-bond donors (Lipinski definition) is 1. The highest BCUT2D eigenvalue weighted by Gasteiger charge is 2.46. The van der Waals surface area contributed by atoms with E-state index in [1.165, 1.54) is 4.90 Å². The maximum atomic E-state index is 13.1. The number of aliphatic hydroxyl groups is 1. The summed E-state index contributed by atoms with van der Waals surface area (Å²) in [4.78, 5) is 35.7. The molecule has 0 saturated carbocycles. The van der Waals surface area contributed by atoms with Gasteiger partial charge >= 0.3 is 0 Å². The molecule has 1 amide bonds. The van der Waals surface area contributed by atoms with Crippen molar-refractivity contribution in [2.45, 2.75) is 25.9 Å². The number of carbonyl (C=O) groups is 2. The normalized spacial score (nSPS) is 17.5. The number of aromatic nitrogens is 2. The van der Waals surface area contributed by atoms with Gasteiger partial charge in [-0.15, -0.1) is 0 Å². The highest BCUT2D eigenvalue weighted by molar-refractivity contribution is 6.46. The summed E-state index contributed by atoms with van der Waals surface area (Å²) in [5.41, 5.74) is 1.91. The topological polar surface area (TPSA) is 92.6 Å². The van der Waals surface area contributed by atoms with E-state index < -0.39 is 17.7 Å². The van der Waals surface area contributed by atoms with Crippen molar-refractivity contribution < 1.29 is 19.4 Å². The van der Waals surface area contributed by atoms with Gasteiger partial charge in [-0.05, 0) is 47.9 Å². The Balaban J connectivity index is 1.80. The van der Waals surface area contributed by atoms with E-state index in [4.69, 9.17) is 4.74 Å². The zero-order chi connectivity index (χ0) is 22.5. The van der Waals surface area contributed by atoms with Gasteiger partial charge in [-0.25, -0.2) is 0 Å². The quantitative estimate of drug-likeness (QED) is 0.348. The molecule has 1 N–H and O–H groups in total. The fourth-order valence-corrected chi connectivity index (χ4v) is 3.72. The van der Waals surface area contributed by atoms with Crippen molar-refractivity contribution in [3.8, 4) is 5.75 Å². The number of aliphatic hydroxyl groups excluding tert-OH is 1. The monoisotopic (exact) mass is 429 g/mol. The summed E-state index contributed by atoms with van der Waals surface area (Å²) >= 11 is 0. The van der Waals surface area contributed by atoms with E-state index in [-0.39, 0.29) is 17.9 Å². The van der Waals surface area contributed by atoms with Gasteiger partial charge in [0.05, 0.1) is 18.2 Å². The van der Waals surface area contributed by atoms with Gasteiger partial charge in [-0.3, -0.25) is 19.6 Å². The molecule has 1 aromatic carbocycles. The van der Waals surface area contributed by atoms with Crippen LogP contribution in [0.4, 0.5) is 0 Å². The smallest absolute Gasteiger partial charge is 0.295 e. The van der Waals surface area contributed by atoms with Crippen LogP contribution in [-0.2, 0) is 16.1 Å². The largest absolute Gasteiger partial charge is 0.507 e. The maximum absolute atomic E-state index is 13.1. The molecule has 1 atom stereocenters. The SMILES string of the molecule is CCCOc1cccc(/C(O)=C2\C(=O)C(=O)N(Cc3ccncc3)C2c2cccnc2)c1. The number of ketones is 1. The number of Topliss-reactive ketones (excluding diaryl/α,β-unsaturated/α-hetero) is 1. The number of ether oxygens (including phenoxy) is 1. The lowest BCUT2D eigenvalue weighted by Crippen LogP contribution is -2.29. The van der Waals surface area contributed by atoms with Gasteiger partial charge in [0.25, 0.3) is 11.7 Å². The molecule has 4 rings (SSSR count). The lowest BCUT2D eigenvalue weighted by molar-refractivity contribution is -0.140. The molecule has 162 valence electrons. The van der Waals surface area contributed by atoms with Crippen LogP contribution in [0.3, 0.4) is 0 Å². The Hall–Kier alpha value is -4.00. The molecule has 7 nitrogen and oxygen atoms in total. The first kappa shape index (κ1) is 21.2. The van der Waals surface area contributed by atoms with Crippen molar-refractivity contribution >= 4 is 17.4 Å². The number of likely N-dealkylation sites (tertiary alicyclic amines) is 1. The van der Waals surface area contributed by atoms with E-state index in [0.717, 1.165) is 12.0 Å². The second kappa shape index (κ2) is 9.43. The second-order valence-electron chi connectivity index (χ2n) is 7.45. The zero-order valence-corrected chi connectivity index (χ0v) is 17.6. The van der Waals surface area contributed by atoms with Gasteiger partial charge < -0.3 is 14.7 Å². The van der Waals surface area contributed by atoms with Crippen molar-refractivity contribution in [2.75, 3.05) is 6.61 Å². The van der Waals surface area contributed by atoms with Crippen LogP contribution in [0.25, 0.3) is 5.76 Å². The average Bonchev–Trinajstić information content (AvgIpc) is 3.08. The van der Waals surface area contributed by atoms with Crippen molar-refractivity contribution in [1.29, 1.82) is 0 Å². The molecule has 1 aliphatic heterocycles. The third-order valence-corrected chi connectivity index (χ3v) is 5.22. The first-order valence-electron chi connectivity index (χ1n) is 10.4. The minimum atomic E-state index is -0.767. The van der Waals surface area contributed by atoms with Gasteiger partial charge in [-0.2, -0.15) is 0 Å². The van der Waals surface area contributed by atoms with Gasteiger partial charge in [0.1, 0.15) is 11.5 Å². The predicted molar refractivity (Wildman–Crippen MR) is 119 cm³/mol. The molecule has 7 heteroatoms. The van der Waals surface area contributed by atoms with Crippen LogP contribution in [0, 0.1) is 0 Å². The van der Waals surface area contributed by atoms with Crippen LogP contribution in [0.15, 0.2) is 78.9 Å². The van der Waals surface area contributed by atoms with Crippen LogP contribution in [0.2, 0.25) is 0 Å². The molecule has 0 radical (unpaired) electrons. The lowest BCUT2D eigenvalue weighted by atomic mass is 9.96. The minimum Gasteiger partial charge on any atom is -0.507 e. The number of benzene rings is 1. The van der Waals surface area contributed by atoms with Crippen molar-refractivity contribution in [3.05, 3.63) is 95.6 Å². The number of carbonyl (C=O) groups excluding carboxylic acids is 2. The molecule has 3 heterocycles. The Morgan fingerprint density at radius 3 is 2.59 bits per heavy atom. The van der Waals surface area contributed by atoms with Crippen LogP contribution >= 0.6 is 0 Å². The number of amides is 1. The van der Waals surface area contributed by atoms with Crippen molar-refractivity contribution in [2.24, 2.45) is 0 Å². The van der Waals surface area contributed by atoms with Crippen LogP contribution in [-0.4, -0.2) is 38.3 Å². The molecular weight excluding hydrogens is 406 g/mol. The Morgan fingerprint density at radius 1 is 1.06 bits per heavy atom. The third kappa shape index (κ3) is 4.23. The zero-order valence-electron chi connectivity index (χ0n) is 17.6. The number of rotatable bonds is 7. The second-order valence-corrected chi connectivity index (χ2v) is 7.45. The van der Waals surface area contributed by atoms with E-state index in [2.05, 4.69) is 9.97 Å². The maximum Gasteiger partial charge on any atom is 0.295 e. The van der Waals surface area contributed by atoms with E-state index >= 15 is 0 Å². The van der Waals surface area contributed by atoms with E-state index in [1.54, 1.807) is 73.3 Å². The van der Waals surface area contributed by atoms with Gasteiger partial charge in [-0.1, -0.05) is 25.1 Å². The van der Waals surface area contributed by atoms with Gasteiger partial charge in [0.15, 0.2) is 0 Å². The number of pyridine rings is 2. The molecule has 1 unspecified atom stereocenters. The van der Waals surface area contributed by atoms with Crippen LogP contribution < -0.4 is 4.74 Å². The van der Waals surface area contributed by atoms with Gasteiger partial charge in [0, 0.05) is 36.9 Å². The molecule has 0 bridgehead atoms. The first-order valence-corrected chi connectivity index (χ1v) is 10.4. The summed E-state index contributed by atoms with van der Waals surface area (Å²) in [6.07, 6.45) is 7.33. The summed E-state index contributed by atoms with van der Waals surface area (Å²) in [5.74, 6) is -1.06. The molecule has 2 aromatic heterocycles. The predicted octanol–water partition coefficient (Wildman–Crippen LogP) is 3.89. The average molecular weight is 429 g/mol. The molecule has 1 saturated heterocycles. The Labute approximate surface area is 186 Å². The van der Waals surface area contributed by atoms with Crippen molar-refractivity contribution in [1.82, 2.24) is 14.9 Å². The molecule has 32 heavy (non-hydrogen) atoms. The number of nitrogens with zero attached hydrogens (tertiary/aromatic N) is 3.